The van der Waals surface area contributed by atoms with Crippen molar-refractivity contribution >= 4 is 29.1 Å². The summed E-state index contributed by atoms with van der Waals surface area (Å²) in [5.74, 6) is 0.956. The van der Waals surface area contributed by atoms with Gasteiger partial charge in [0.25, 0.3) is 0 Å². The lowest BCUT2D eigenvalue weighted by Crippen LogP contribution is -2.54. The van der Waals surface area contributed by atoms with Crippen LogP contribution in [0.15, 0.2) is 59.5 Å². The van der Waals surface area contributed by atoms with Gasteiger partial charge in [-0.1, -0.05) is 42.5 Å². The minimum atomic E-state index is -0.619. The first-order chi connectivity index (χ1) is 15.5. The fourth-order valence-corrected chi connectivity index (χ4v) is 5.83. The quantitative estimate of drug-likeness (QED) is 0.700. The third-order valence-electron chi connectivity index (χ3n) is 6.11. The number of likely N-dealkylation sites (tertiary alicyclic amines) is 1. The number of hydrogen-bond donors (Lipinski definition) is 1. The highest BCUT2D eigenvalue weighted by Gasteiger charge is 2.46. The Bertz CT molecular complexity index is 1070. The molecule has 0 bridgehead atoms. The minimum absolute atomic E-state index is 0.225. The molecule has 2 aromatic carbocycles. The lowest BCUT2D eigenvalue weighted by molar-refractivity contribution is -0.111. The second kappa shape index (κ2) is 8.73. The van der Waals surface area contributed by atoms with Gasteiger partial charge in [0, 0.05) is 30.0 Å². The second-order valence-corrected chi connectivity index (χ2v) is 9.54. The van der Waals surface area contributed by atoms with Crippen molar-refractivity contribution in [3.8, 4) is 5.75 Å². The summed E-state index contributed by atoms with van der Waals surface area (Å²) in [6.07, 6.45) is 1.18. The number of thioether (sulfide) groups is 1. The number of ether oxygens (including phenoxy) is 2. The van der Waals surface area contributed by atoms with Gasteiger partial charge in [-0.05, 0) is 31.5 Å². The number of β-amino-alcohol motifs (C(OH)–C–C–N with tert-alkyl or cyclic N) is 1. The largest absolute Gasteiger partial charge is 0.491 e. The number of fused-ring (bicyclic) bond motifs is 2. The van der Waals surface area contributed by atoms with Gasteiger partial charge in [-0.15, -0.1) is 11.8 Å². The third kappa shape index (κ3) is 4.08. The number of Topliss-reactive ketones (excluding diaryl/α,β-unsaturated/α-hetero) is 2. The van der Waals surface area contributed by atoms with E-state index in [2.05, 4.69) is 4.90 Å². The summed E-state index contributed by atoms with van der Waals surface area (Å²) >= 11 is 1.43. The van der Waals surface area contributed by atoms with Crippen molar-refractivity contribution in [2.24, 2.45) is 0 Å². The molecule has 0 radical (unpaired) electrons. The smallest absolute Gasteiger partial charge is 0.243 e. The van der Waals surface area contributed by atoms with Crippen molar-refractivity contribution in [2.75, 3.05) is 32.0 Å². The molecule has 166 valence electrons. The average molecular weight is 452 g/mol. The fraction of sp³-hybridized carbons (Fsp3) is 0.360. The minimum Gasteiger partial charge on any atom is -0.491 e. The number of allylic oxidation sites excluding steroid dienone is 1. The molecule has 2 atom stereocenters. The Morgan fingerprint density at radius 3 is 2.62 bits per heavy atom. The highest BCUT2D eigenvalue weighted by molar-refractivity contribution is 8.04. The summed E-state index contributed by atoms with van der Waals surface area (Å²) in [4.78, 5) is 27.7. The van der Waals surface area contributed by atoms with Gasteiger partial charge in [0.2, 0.25) is 11.6 Å². The maximum atomic E-state index is 12.6. The van der Waals surface area contributed by atoms with Crippen molar-refractivity contribution in [2.45, 2.75) is 24.5 Å². The van der Waals surface area contributed by atoms with Crippen LogP contribution in [-0.2, 0) is 9.53 Å². The molecule has 7 heteroatoms. The Morgan fingerprint density at radius 2 is 1.81 bits per heavy atom. The standard InChI is InChI=1S/C25H25NO5S/c27-17(14-30-18-7-2-1-3-8-18)13-26-12-6-11-25(15-26)16-32-24-22(29)21(28)19-9-4-5-10-20(19)23(24)31-25/h1-5,7-10,17,27H,6,11-16H2/t17-,25?/m0/s1. The number of carbonyl (C=O) groups is 2. The number of aliphatic hydroxyl groups excluding tert-OH is 1. The van der Waals surface area contributed by atoms with Crippen LogP contribution in [0.2, 0.25) is 0 Å². The zero-order valence-electron chi connectivity index (χ0n) is 17.7. The Morgan fingerprint density at radius 1 is 1.06 bits per heavy atom. The Kier molecular flexibility index (Phi) is 5.80. The number of nitrogens with zero attached hydrogens (tertiary/aromatic N) is 1. The van der Waals surface area contributed by atoms with Crippen LogP contribution < -0.4 is 4.74 Å². The van der Waals surface area contributed by atoms with E-state index in [-0.39, 0.29) is 6.61 Å². The zero-order chi connectivity index (χ0) is 22.1. The van der Waals surface area contributed by atoms with Crippen LogP contribution in [0.4, 0.5) is 0 Å². The van der Waals surface area contributed by atoms with Gasteiger partial charge in [0.05, 0.1) is 0 Å². The first-order valence-corrected chi connectivity index (χ1v) is 11.9. The predicted octanol–water partition coefficient (Wildman–Crippen LogP) is 3.16. The van der Waals surface area contributed by atoms with E-state index in [0.717, 1.165) is 25.1 Å². The fourth-order valence-electron chi connectivity index (χ4n) is 4.62. The highest BCUT2D eigenvalue weighted by Crippen LogP contribution is 2.46. The highest BCUT2D eigenvalue weighted by atomic mass is 32.2. The molecular formula is C25H25NO5S. The van der Waals surface area contributed by atoms with Gasteiger partial charge in [0.1, 0.15) is 34.7 Å². The van der Waals surface area contributed by atoms with Crippen molar-refractivity contribution in [3.63, 3.8) is 0 Å². The topological polar surface area (TPSA) is 76.1 Å². The summed E-state index contributed by atoms with van der Waals surface area (Å²) in [5, 5.41) is 10.5. The molecule has 6 nitrogen and oxygen atoms in total. The number of ketones is 2. The molecule has 2 aromatic rings. The summed E-state index contributed by atoms with van der Waals surface area (Å²) in [6.45, 7) is 2.24. The Hall–Kier alpha value is -2.61. The summed E-state index contributed by atoms with van der Waals surface area (Å²) in [7, 11) is 0. The molecule has 2 aliphatic heterocycles. The third-order valence-corrected chi connectivity index (χ3v) is 7.44. The number of benzene rings is 2. The molecule has 0 saturated carbocycles. The molecule has 3 aliphatic rings. The molecule has 0 amide bonds. The molecule has 1 unspecified atom stereocenters. The van der Waals surface area contributed by atoms with Crippen molar-refractivity contribution in [1.82, 2.24) is 4.90 Å². The number of aliphatic hydroxyl groups is 1. The molecule has 2 heterocycles. The van der Waals surface area contributed by atoms with E-state index in [4.69, 9.17) is 9.47 Å². The van der Waals surface area contributed by atoms with Gasteiger partial charge in [0.15, 0.2) is 0 Å². The lowest BCUT2D eigenvalue weighted by atomic mass is 9.90. The molecular weight excluding hydrogens is 426 g/mol. The molecule has 1 fully saturated rings. The lowest BCUT2D eigenvalue weighted by Gasteiger charge is -2.46. The van der Waals surface area contributed by atoms with Crippen LogP contribution in [0.5, 0.6) is 5.75 Å². The van der Waals surface area contributed by atoms with Crippen LogP contribution in [0, 0.1) is 0 Å². The van der Waals surface area contributed by atoms with Gasteiger partial charge in [-0.2, -0.15) is 0 Å². The number of piperidine rings is 1. The monoisotopic (exact) mass is 451 g/mol. The molecule has 1 spiro atoms. The van der Waals surface area contributed by atoms with E-state index in [9.17, 15) is 14.7 Å². The molecule has 0 aromatic heterocycles. The Balaban J connectivity index is 1.28. The number of hydrogen-bond acceptors (Lipinski definition) is 7. The van der Waals surface area contributed by atoms with E-state index in [1.807, 2.05) is 42.5 Å². The Labute approximate surface area is 191 Å². The van der Waals surface area contributed by atoms with E-state index in [1.165, 1.54) is 11.8 Å². The molecule has 1 saturated heterocycles. The van der Waals surface area contributed by atoms with E-state index in [0.29, 0.717) is 40.6 Å². The van der Waals surface area contributed by atoms with Crippen LogP contribution in [0.25, 0.3) is 5.76 Å². The van der Waals surface area contributed by atoms with E-state index < -0.39 is 23.3 Å². The normalized spacial score (nSPS) is 24.0. The van der Waals surface area contributed by atoms with Gasteiger partial charge in [-0.25, -0.2) is 0 Å². The van der Waals surface area contributed by atoms with Gasteiger partial charge >= 0.3 is 0 Å². The van der Waals surface area contributed by atoms with Crippen LogP contribution in [0.1, 0.15) is 28.8 Å². The van der Waals surface area contributed by atoms with E-state index >= 15 is 0 Å². The van der Waals surface area contributed by atoms with Crippen LogP contribution >= 0.6 is 11.8 Å². The van der Waals surface area contributed by atoms with E-state index in [1.54, 1.807) is 12.1 Å². The molecule has 32 heavy (non-hydrogen) atoms. The first kappa shape index (κ1) is 21.2. The molecule has 1 N–H and O–H groups in total. The second-order valence-electron chi connectivity index (χ2n) is 8.55. The maximum Gasteiger partial charge on any atom is 0.243 e. The first-order valence-electron chi connectivity index (χ1n) is 10.9. The number of para-hydroxylation sites is 1. The molecule has 5 rings (SSSR count). The maximum absolute atomic E-state index is 12.6. The van der Waals surface area contributed by atoms with Gasteiger partial charge in [-0.3, -0.25) is 14.5 Å². The van der Waals surface area contributed by atoms with Crippen molar-refractivity contribution in [3.05, 3.63) is 70.6 Å². The van der Waals surface area contributed by atoms with Gasteiger partial charge < -0.3 is 14.6 Å². The summed E-state index contributed by atoms with van der Waals surface area (Å²) < 4.78 is 12.2. The number of rotatable bonds is 5. The number of carbonyl (C=O) groups excluding carboxylic acids is 2. The van der Waals surface area contributed by atoms with Crippen molar-refractivity contribution in [1.29, 1.82) is 0 Å². The average Bonchev–Trinajstić information content (AvgIpc) is 2.82. The summed E-state index contributed by atoms with van der Waals surface area (Å²) in [5.41, 5.74) is 0.664. The SMILES string of the molecule is O=C1C(=O)c2ccccc2C2=C1SCC1(CCCN(C[C@H](O)COc3ccccc3)C1)O2. The molecule has 1 aliphatic carbocycles. The van der Waals surface area contributed by atoms with Crippen LogP contribution in [-0.4, -0.2) is 65.3 Å². The van der Waals surface area contributed by atoms with Crippen LogP contribution in [0.3, 0.4) is 0 Å². The summed E-state index contributed by atoms with van der Waals surface area (Å²) in [6, 6.07) is 16.6. The van der Waals surface area contributed by atoms with Crippen molar-refractivity contribution < 1.29 is 24.2 Å². The zero-order valence-corrected chi connectivity index (χ0v) is 18.5. The predicted molar refractivity (Wildman–Crippen MR) is 123 cm³/mol.